The molecule has 3 nitrogen and oxygen atoms in total. The monoisotopic (exact) mass is 243 g/mol. The van der Waals surface area contributed by atoms with E-state index in [1.54, 1.807) is 0 Å². The Labute approximate surface area is 103 Å². The van der Waals surface area contributed by atoms with Gasteiger partial charge in [0.15, 0.2) is 0 Å². The van der Waals surface area contributed by atoms with E-state index in [2.05, 4.69) is 62.2 Å². The first-order chi connectivity index (χ1) is 7.45. The third-order valence-electron chi connectivity index (χ3n) is 3.73. The van der Waals surface area contributed by atoms with E-state index < -0.39 is 9.28 Å². The summed E-state index contributed by atoms with van der Waals surface area (Å²) in [6.07, 6.45) is 0.636. The second-order valence-electron chi connectivity index (χ2n) is 5.28. The molecule has 1 fully saturated rings. The van der Waals surface area contributed by atoms with E-state index in [9.17, 15) is 0 Å². The van der Waals surface area contributed by atoms with Crippen molar-refractivity contribution in [3.63, 3.8) is 0 Å². The van der Waals surface area contributed by atoms with E-state index in [4.69, 9.17) is 0 Å². The van der Waals surface area contributed by atoms with Crippen molar-refractivity contribution in [1.29, 1.82) is 0 Å². The van der Waals surface area contributed by atoms with Crippen LogP contribution in [0.2, 0.25) is 0 Å². The van der Waals surface area contributed by atoms with Gasteiger partial charge < -0.3 is 4.57 Å². The molecule has 0 aromatic heterocycles. The standard InChI is InChI=1S/C12H29N3Si/c1-8-13(9-2)16-14(10(3)4)12(7)15(16)11(5)6/h10-12,16H,8-9H2,1-7H3. The topological polar surface area (TPSA) is 9.72 Å². The van der Waals surface area contributed by atoms with Crippen molar-refractivity contribution in [2.45, 2.75) is 66.7 Å². The van der Waals surface area contributed by atoms with Crippen molar-refractivity contribution >= 4 is 9.28 Å². The van der Waals surface area contributed by atoms with Crippen LogP contribution in [0.5, 0.6) is 0 Å². The van der Waals surface area contributed by atoms with E-state index >= 15 is 0 Å². The molecule has 1 aliphatic rings. The minimum absolute atomic E-state index is 0.636. The van der Waals surface area contributed by atoms with Gasteiger partial charge in [0.2, 0.25) is 0 Å². The average Bonchev–Trinajstić information content (AvgIpc) is 2.16. The third-order valence-corrected chi connectivity index (χ3v) is 8.23. The first-order valence-corrected chi connectivity index (χ1v) is 8.29. The molecule has 1 aliphatic heterocycles. The van der Waals surface area contributed by atoms with Gasteiger partial charge in [0, 0.05) is 12.1 Å². The Morgan fingerprint density at radius 2 is 1.38 bits per heavy atom. The summed E-state index contributed by atoms with van der Waals surface area (Å²) in [7, 11) is -1.02. The van der Waals surface area contributed by atoms with Crippen molar-refractivity contribution in [3.05, 3.63) is 0 Å². The molecule has 96 valence electrons. The minimum atomic E-state index is -1.02. The van der Waals surface area contributed by atoms with Crippen LogP contribution in [0.25, 0.3) is 0 Å². The van der Waals surface area contributed by atoms with Gasteiger partial charge in [-0.3, -0.25) is 9.13 Å². The predicted octanol–water partition coefficient (Wildman–Crippen LogP) is 1.83. The SMILES string of the molecule is CCN(CC)[SiH]1N(C(C)C)C(C)N1C(C)C. The first kappa shape index (κ1) is 14.2. The lowest BCUT2D eigenvalue weighted by atomic mass is 10.3. The zero-order valence-electron chi connectivity index (χ0n) is 12.1. The van der Waals surface area contributed by atoms with Crippen LogP contribution in [-0.4, -0.2) is 54.3 Å². The summed E-state index contributed by atoms with van der Waals surface area (Å²) in [6.45, 7) is 18.6. The Morgan fingerprint density at radius 3 is 1.62 bits per heavy atom. The molecular formula is C12H29N3Si. The highest BCUT2D eigenvalue weighted by Crippen LogP contribution is 2.30. The lowest BCUT2D eigenvalue weighted by Crippen LogP contribution is -2.81. The van der Waals surface area contributed by atoms with Gasteiger partial charge in [-0.25, -0.2) is 0 Å². The van der Waals surface area contributed by atoms with Crippen molar-refractivity contribution in [1.82, 2.24) is 13.7 Å². The highest BCUT2D eigenvalue weighted by Gasteiger charge is 2.49. The van der Waals surface area contributed by atoms with Crippen molar-refractivity contribution in [2.75, 3.05) is 13.1 Å². The fourth-order valence-corrected chi connectivity index (χ4v) is 6.59. The summed E-state index contributed by atoms with van der Waals surface area (Å²) in [4.78, 5) is 0. The zero-order valence-corrected chi connectivity index (χ0v) is 13.2. The number of hydrogen-bond donors (Lipinski definition) is 0. The van der Waals surface area contributed by atoms with Gasteiger partial charge >= 0.3 is 0 Å². The van der Waals surface area contributed by atoms with Crippen LogP contribution in [0, 0.1) is 0 Å². The van der Waals surface area contributed by atoms with E-state index in [0.717, 1.165) is 0 Å². The van der Waals surface area contributed by atoms with Crippen LogP contribution in [0.15, 0.2) is 0 Å². The van der Waals surface area contributed by atoms with Crippen LogP contribution >= 0.6 is 0 Å². The number of nitrogens with zero attached hydrogens (tertiary/aromatic N) is 3. The molecule has 1 heterocycles. The Kier molecular flexibility index (Phi) is 4.98. The molecule has 0 N–H and O–H groups in total. The highest BCUT2D eigenvalue weighted by atomic mass is 28.3. The average molecular weight is 243 g/mol. The molecule has 0 spiro atoms. The summed E-state index contributed by atoms with van der Waals surface area (Å²) in [6, 6.07) is 1.37. The zero-order chi connectivity index (χ0) is 12.5. The van der Waals surface area contributed by atoms with Crippen LogP contribution in [0.3, 0.4) is 0 Å². The molecule has 16 heavy (non-hydrogen) atoms. The van der Waals surface area contributed by atoms with Crippen LogP contribution in [-0.2, 0) is 0 Å². The molecule has 0 atom stereocenters. The van der Waals surface area contributed by atoms with Gasteiger partial charge in [-0.15, -0.1) is 0 Å². The van der Waals surface area contributed by atoms with Crippen molar-refractivity contribution < 1.29 is 0 Å². The van der Waals surface area contributed by atoms with Gasteiger partial charge in [-0.2, -0.15) is 0 Å². The summed E-state index contributed by atoms with van der Waals surface area (Å²) < 4.78 is 8.17. The summed E-state index contributed by atoms with van der Waals surface area (Å²) in [5.41, 5.74) is 0. The Hall–Kier alpha value is 0.0969. The third kappa shape index (κ3) is 2.35. The second kappa shape index (κ2) is 5.62. The quantitative estimate of drug-likeness (QED) is 0.682. The minimum Gasteiger partial charge on any atom is -0.302 e. The lowest BCUT2D eigenvalue weighted by molar-refractivity contribution is 0.0224. The molecule has 0 unspecified atom stereocenters. The lowest BCUT2D eigenvalue weighted by Gasteiger charge is -2.62. The molecule has 4 heteroatoms. The van der Waals surface area contributed by atoms with Crippen LogP contribution in [0.4, 0.5) is 0 Å². The smallest absolute Gasteiger partial charge is 0.275 e. The molecule has 1 rings (SSSR count). The van der Waals surface area contributed by atoms with Gasteiger partial charge in [0.1, 0.15) is 0 Å². The Morgan fingerprint density at radius 1 is 1.00 bits per heavy atom. The molecular weight excluding hydrogens is 214 g/mol. The fraction of sp³-hybridized carbons (Fsp3) is 1.00. The summed E-state index contributed by atoms with van der Waals surface area (Å²) in [5, 5.41) is 0. The molecule has 0 amide bonds. The molecule has 1 saturated heterocycles. The number of hydrogen-bond acceptors (Lipinski definition) is 3. The van der Waals surface area contributed by atoms with E-state index in [-0.39, 0.29) is 0 Å². The van der Waals surface area contributed by atoms with Gasteiger partial charge in [-0.1, -0.05) is 41.5 Å². The summed E-state index contributed by atoms with van der Waals surface area (Å²) in [5.74, 6) is 0. The van der Waals surface area contributed by atoms with Gasteiger partial charge in [-0.05, 0) is 20.0 Å². The molecule has 0 aliphatic carbocycles. The fourth-order valence-electron chi connectivity index (χ4n) is 2.95. The predicted molar refractivity (Wildman–Crippen MR) is 73.5 cm³/mol. The van der Waals surface area contributed by atoms with Crippen LogP contribution < -0.4 is 0 Å². The maximum atomic E-state index is 2.74. The molecule has 0 aromatic rings. The number of rotatable bonds is 5. The van der Waals surface area contributed by atoms with Crippen molar-refractivity contribution in [3.8, 4) is 0 Å². The van der Waals surface area contributed by atoms with Crippen molar-refractivity contribution in [2.24, 2.45) is 0 Å². The Balaban J connectivity index is 2.81. The van der Waals surface area contributed by atoms with Gasteiger partial charge in [0.25, 0.3) is 9.28 Å². The molecule has 0 saturated carbocycles. The molecule has 0 bridgehead atoms. The maximum absolute atomic E-state index is 2.74. The largest absolute Gasteiger partial charge is 0.302 e. The highest BCUT2D eigenvalue weighted by molar-refractivity contribution is 6.52. The first-order valence-electron chi connectivity index (χ1n) is 6.74. The van der Waals surface area contributed by atoms with Gasteiger partial charge in [0.05, 0.1) is 6.17 Å². The normalized spacial score (nSPS) is 28.1. The second-order valence-corrected chi connectivity index (χ2v) is 7.90. The summed E-state index contributed by atoms with van der Waals surface area (Å²) >= 11 is 0. The Bertz CT molecular complexity index is 200. The van der Waals surface area contributed by atoms with E-state index in [0.29, 0.717) is 18.2 Å². The van der Waals surface area contributed by atoms with Crippen LogP contribution in [0.1, 0.15) is 48.5 Å². The van der Waals surface area contributed by atoms with E-state index in [1.807, 2.05) is 0 Å². The molecule has 0 radical (unpaired) electrons. The maximum Gasteiger partial charge on any atom is 0.275 e. The molecule has 0 aromatic carbocycles. The van der Waals surface area contributed by atoms with E-state index in [1.165, 1.54) is 13.1 Å².